The number of furan rings is 1. The third-order valence-electron chi connectivity index (χ3n) is 5.81. The second-order valence-corrected chi connectivity index (χ2v) is 8.72. The van der Waals surface area contributed by atoms with Crippen molar-refractivity contribution in [3.05, 3.63) is 89.4 Å². The second-order valence-electron chi connectivity index (χ2n) is 8.72. The van der Waals surface area contributed by atoms with Gasteiger partial charge < -0.3 is 18.8 Å². The van der Waals surface area contributed by atoms with Crippen molar-refractivity contribution < 1.29 is 23.5 Å². The minimum absolute atomic E-state index is 0.0925. The van der Waals surface area contributed by atoms with Gasteiger partial charge >= 0.3 is 5.97 Å². The summed E-state index contributed by atoms with van der Waals surface area (Å²) in [7, 11) is 0. The molecule has 1 aromatic heterocycles. The smallest absolute Gasteiger partial charge is 0.379 e. The van der Waals surface area contributed by atoms with Gasteiger partial charge in [-0.15, -0.1) is 0 Å². The summed E-state index contributed by atoms with van der Waals surface area (Å²) in [4.78, 5) is 27.8. The summed E-state index contributed by atoms with van der Waals surface area (Å²) in [5, 5.41) is 0. The third-order valence-corrected chi connectivity index (χ3v) is 5.81. The van der Waals surface area contributed by atoms with Crippen molar-refractivity contribution in [2.45, 2.75) is 33.3 Å². The molecule has 0 aliphatic carbocycles. The Morgan fingerprint density at radius 3 is 2.43 bits per heavy atom. The highest BCUT2D eigenvalue weighted by Gasteiger charge is 2.29. The van der Waals surface area contributed by atoms with Crippen LogP contribution in [0, 0.1) is 0 Å². The number of carbonyl (C=O) groups is 2. The van der Waals surface area contributed by atoms with E-state index in [1.54, 1.807) is 24.3 Å². The lowest BCUT2D eigenvalue weighted by Crippen LogP contribution is -2.29. The first-order valence-electron chi connectivity index (χ1n) is 11.7. The maximum Gasteiger partial charge on any atom is 0.379 e. The fourth-order valence-electron chi connectivity index (χ4n) is 3.90. The molecule has 0 spiro atoms. The van der Waals surface area contributed by atoms with Gasteiger partial charge in [-0.3, -0.25) is 4.79 Å². The molecule has 35 heavy (non-hydrogen) atoms. The van der Waals surface area contributed by atoms with Gasteiger partial charge in [-0.2, -0.15) is 0 Å². The Kier molecular flexibility index (Phi) is 6.92. The number of rotatable bonds is 8. The zero-order valence-electron chi connectivity index (χ0n) is 20.4. The maximum absolute atomic E-state index is 13.2. The fourth-order valence-corrected chi connectivity index (χ4v) is 3.90. The number of nitrogens with zero attached hydrogens (tertiary/aromatic N) is 1. The third kappa shape index (κ3) is 5.38. The maximum atomic E-state index is 13.2. The average molecular weight is 472 g/mol. The lowest BCUT2D eigenvalue weighted by molar-refractivity contribution is 0.0699. The Morgan fingerprint density at radius 1 is 1.03 bits per heavy atom. The van der Waals surface area contributed by atoms with Gasteiger partial charge in [0.05, 0.1) is 17.4 Å². The van der Waals surface area contributed by atoms with Crippen LogP contribution in [-0.2, 0) is 0 Å². The number of fused-ring (bicyclic) bond motifs is 1. The Balaban J connectivity index is 1.60. The monoisotopic (exact) mass is 471 g/mol. The lowest BCUT2D eigenvalue weighted by atomic mass is 9.97. The highest BCUT2D eigenvalue weighted by Crippen LogP contribution is 2.40. The van der Waals surface area contributed by atoms with Gasteiger partial charge in [-0.25, -0.2) is 4.79 Å². The van der Waals surface area contributed by atoms with Gasteiger partial charge in [0.2, 0.25) is 5.76 Å². The van der Waals surface area contributed by atoms with E-state index < -0.39 is 11.6 Å². The van der Waals surface area contributed by atoms with E-state index in [9.17, 15) is 9.59 Å². The first-order chi connectivity index (χ1) is 16.8. The number of anilines is 1. The zero-order chi connectivity index (χ0) is 25.0. The van der Waals surface area contributed by atoms with Crippen LogP contribution in [0.25, 0.3) is 12.2 Å². The molecule has 0 radical (unpaired) electrons. The van der Waals surface area contributed by atoms with E-state index in [1.165, 1.54) is 18.4 Å². The summed E-state index contributed by atoms with van der Waals surface area (Å²) in [6.45, 7) is 9.92. The quantitative estimate of drug-likeness (QED) is 0.163. The summed E-state index contributed by atoms with van der Waals surface area (Å²) in [5.74, 6) is -0.0593. The molecule has 0 N–H and O–H groups in total. The fraction of sp³-hybridized carbons (Fsp3) is 0.241. The van der Waals surface area contributed by atoms with Gasteiger partial charge in [0.15, 0.2) is 5.78 Å². The van der Waals surface area contributed by atoms with Gasteiger partial charge in [-0.05, 0) is 87.9 Å². The average Bonchev–Trinajstić information content (AvgIpc) is 3.39. The minimum Gasteiger partial charge on any atom is -0.482 e. The molecule has 4 rings (SSSR count). The van der Waals surface area contributed by atoms with E-state index in [0.29, 0.717) is 22.6 Å². The van der Waals surface area contributed by atoms with E-state index >= 15 is 0 Å². The number of hydrogen-bond acceptors (Lipinski definition) is 6. The largest absolute Gasteiger partial charge is 0.482 e. The highest BCUT2D eigenvalue weighted by molar-refractivity contribution is 6.09. The number of benzene rings is 2. The summed E-state index contributed by atoms with van der Waals surface area (Å²) in [6.07, 6.45) is 8.40. The molecule has 0 unspecified atom stereocenters. The first-order valence-corrected chi connectivity index (χ1v) is 11.7. The molecule has 6 heteroatoms. The predicted octanol–water partition coefficient (Wildman–Crippen LogP) is 6.43. The van der Waals surface area contributed by atoms with Crippen LogP contribution in [0.4, 0.5) is 5.69 Å². The van der Waals surface area contributed by atoms with Crippen molar-refractivity contribution in [3.8, 4) is 11.5 Å². The van der Waals surface area contributed by atoms with Crippen molar-refractivity contribution in [2.75, 3.05) is 18.0 Å². The number of carbonyl (C=O) groups excluding carboxylic acids is 2. The molecule has 6 nitrogen and oxygen atoms in total. The van der Waals surface area contributed by atoms with Crippen molar-refractivity contribution in [1.82, 2.24) is 0 Å². The molecule has 0 bridgehead atoms. The van der Waals surface area contributed by atoms with Gasteiger partial charge in [0, 0.05) is 18.8 Å². The Labute approximate surface area is 205 Å². The molecule has 0 saturated carbocycles. The van der Waals surface area contributed by atoms with Crippen LogP contribution < -0.4 is 14.4 Å². The van der Waals surface area contributed by atoms with Gasteiger partial charge in [-0.1, -0.05) is 18.2 Å². The normalized spacial score (nSPS) is 13.8. The molecule has 3 aromatic rings. The van der Waals surface area contributed by atoms with Gasteiger partial charge in [0.1, 0.15) is 17.1 Å². The Bertz CT molecular complexity index is 1260. The summed E-state index contributed by atoms with van der Waals surface area (Å²) in [6, 6.07) is 14.5. The van der Waals surface area contributed by atoms with Crippen LogP contribution in [0.5, 0.6) is 11.5 Å². The number of allylic oxidation sites excluding steroid dienone is 1. The molecule has 180 valence electrons. The van der Waals surface area contributed by atoms with E-state index in [1.807, 2.05) is 38.1 Å². The van der Waals surface area contributed by atoms with Crippen LogP contribution in [0.3, 0.4) is 0 Å². The van der Waals surface area contributed by atoms with E-state index in [0.717, 1.165) is 24.3 Å². The molecule has 2 aromatic carbocycles. The molecule has 2 heterocycles. The van der Waals surface area contributed by atoms with Crippen molar-refractivity contribution >= 4 is 29.6 Å². The number of hydrogen-bond donors (Lipinski definition) is 0. The van der Waals surface area contributed by atoms with Crippen LogP contribution >= 0.6 is 0 Å². The van der Waals surface area contributed by atoms with Crippen LogP contribution in [-0.4, -0.2) is 30.4 Å². The number of ether oxygens (including phenoxy) is 2. The van der Waals surface area contributed by atoms with Crippen LogP contribution in [0.2, 0.25) is 0 Å². The summed E-state index contributed by atoms with van der Waals surface area (Å²) < 4.78 is 16.8. The van der Waals surface area contributed by atoms with E-state index in [-0.39, 0.29) is 11.5 Å². The molecule has 1 aliphatic rings. The second kappa shape index (κ2) is 10.1. The van der Waals surface area contributed by atoms with Crippen molar-refractivity contribution in [3.63, 3.8) is 0 Å². The van der Waals surface area contributed by atoms with Gasteiger partial charge in [0.25, 0.3) is 0 Å². The minimum atomic E-state index is -0.623. The van der Waals surface area contributed by atoms with E-state index in [2.05, 4.69) is 30.9 Å². The van der Waals surface area contributed by atoms with Crippen LogP contribution in [0.15, 0.2) is 71.4 Å². The zero-order valence-corrected chi connectivity index (χ0v) is 20.4. The molecule has 0 fully saturated rings. The Morgan fingerprint density at radius 2 is 1.77 bits per heavy atom. The molecule has 0 atom stereocenters. The van der Waals surface area contributed by atoms with E-state index in [4.69, 9.17) is 13.9 Å². The molecule has 0 saturated heterocycles. The Hall–Kier alpha value is -4.06. The van der Waals surface area contributed by atoms with Crippen LogP contribution in [0.1, 0.15) is 59.7 Å². The highest BCUT2D eigenvalue weighted by atomic mass is 16.5. The molecule has 1 aliphatic heterocycles. The molecular formula is C29H29NO5. The van der Waals surface area contributed by atoms with Crippen molar-refractivity contribution in [2.24, 2.45) is 0 Å². The summed E-state index contributed by atoms with van der Waals surface area (Å²) in [5.41, 5.74) is 2.39. The van der Waals surface area contributed by atoms with Crippen molar-refractivity contribution in [1.29, 1.82) is 0 Å². The lowest BCUT2D eigenvalue weighted by Gasteiger charge is -2.29. The molecule has 0 amide bonds. The first kappa shape index (κ1) is 24.1. The molecular weight excluding hydrogens is 442 g/mol. The standard InChI is InChI=1S/C29H29NO5/c1-5-30(6-2)21-12-9-20(10-13-21)11-15-24(31)22-14-16-25(34-28(32)26-8-7-19-33-26)23-17-18-29(3,4)35-27(22)23/h7-19H,5-6H2,1-4H3/b15-11+. The summed E-state index contributed by atoms with van der Waals surface area (Å²) >= 11 is 0. The number of ketones is 1. The number of esters is 1. The predicted molar refractivity (Wildman–Crippen MR) is 137 cm³/mol. The SMILES string of the molecule is CCN(CC)c1ccc(/C=C/C(=O)c2ccc(OC(=O)c3ccco3)c3c2OC(C)(C)C=C3)cc1. The topological polar surface area (TPSA) is 69.0 Å².